The molecule has 4 nitrogen and oxygen atoms in total. The predicted molar refractivity (Wildman–Crippen MR) is 66.5 cm³/mol. The van der Waals surface area contributed by atoms with Crippen molar-refractivity contribution in [2.45, 2.75) is 30.7 Å². The first-order valence-electron chi connectivity index (χ1n) is 5.56. The van der Waals surface area contributed by atoms with Crippen LogP contribution in [0, 0.1) is 16.7 Å². The number of rotatable bonds is 2. The monoisotopic (exact) mass is 314 g/mol. The molecule has 102 valence electrons. The Morgan fingerprint density at radius 2 is 2.00 bits per heavy atom. The van der Waals surface area contributed by atoms with Gasteiger partial charge in [-0.2, -0.15) is 0 Å². The van der Waals surface area contributed by atoms with E-state index >= 15 is 0 Å². The summed E-state index contributed by atoms with van der Waals surface area (Å²) in [6, 6.07) is 0. The van der Waals surface area contributed by atoms with E-state index in [1.807, 2.05) is 0 Å². The van der Waals surface area contributed by atoms with Gasteiger partial charge in [-0.3, -0.25) is 9.59 Å². The molecule has 0 N–H and O–H groups in total. The van der Waals surface area contributed by atoms with E-state index in [9.17, 15) is 9.59 Å². The first-order valence-corrected chi connectivity index (χ1v) is 6.70. The van der Waals surface area contributed by atoms with E-state index in [1.165, 1.54) is 0 Å². The van der Waals surface area contributed by atoms with Gasteiger partial charge < -0.3 is 9.47 Å². The fraction of sp³-hybridized carbons (Fsp3) is 0.818. The normalized spacial score (nSPS) is 36.9. The Balaban J connectivity index is 2.38. The molecule has 0 aromatic heterocycles. The lowest BCUT2D eigenvalue weighted by atomic mass is 9.96. The van der Waals surface area contributed by atoms with Crippen LogP contribution in [0.1, 0.15) is 20.8 Å². The molecular formula is C11H13Cl3O4. The van der Waals surface area contributed by atoms with E-state index in [1.54, 1.807) is 20.8 Å². The third-order valence-electron chi connectivity index (χ3n) is 3.96. The van der Waals surface area contributed by atoms with Gasteiger partial charge in [0.15, 0.2) is 11.5 Å². The Morgan fingerprint density at radius 1 is 1.44 bits per heavy atom. The molecule has 3 unspecified atom stereocenters. The first kappa shape index (κ1) is 14.2. The summed E-state index contributed by atoms with van der Waals surface area (Å²) in [7, 11) is 0. The molecule has 1 aliphatic carbocycles. The van der Waals surface area contributed by atoms with Crippen molar-refractivity contribution in [2.75, 3.05) is 6.61 Å². The van der Waals surface area contributed by atoms with Crippen molar-refractivity contribution in [1.29, 1.82) is 0 Å². The molecular weight excluding hydrogens is 302 g/mol. The summed E-state index contributed by atoms with van der Waals surface area (Å²) < 4.78 is 8.28. The second kappa shape index (κ2) is 3.90. The number of carbonyl (C=O) groups excluding carboxylic acids is 2. The van der Waals surface area contributed by atoms with Crippen molar-refractivity contribution >= 4 is 46.7 Å². The molecule has 1 heterocycles. The second-order valence-electron chi connectivity index (χ2n) is 5.10. The molecule has 2 aliphatic rings. The van der Waals surface area contributed by atoms with Gasteiger partial charge in [-0.15, -0.1) is 0 Å². The highest BCUT2D eigenvalue weighted by molar-refractivity contribution is 6.68. The number of fused-ring (bicyclic) bond motifs is 1. The SMILES string of the molecule is CCOC(=O)C12C(=O)OC(C(Cl)(Cl)Cl)C1C2(C)C. The molecule has 1 saturated heterocycles. The molecule has 1 saturated carbocycles. The zero-order valence-corrected chi connectivity index (χ0v) is 12.4. The number of halogens is 3. The predicted octanol–water partition coefficient (Wildman–Crippen LogP) is 2.49. The number of alkyl halides is 3. The van der Waals surface area contributed by atoms with E-state index in [-0.39, 0.29) is 6.61 Å². The Hall–Kier alpha value is -0.190. The summed E-state index contributed by atoms with van der Waals surface area (Å²) in [6.45, 7) is 5.41. The average Bonchev–Trinajstić information content (AvgIpc) is 2.54. The van der Waals surface area contributed by atoms with Gasteiger partial charge in [0.1, 0.15) is 0 Å². The van der Waals surface area contributed by atoms with Crippen LogP contribution in [0.25, 0.3) is 0 Å². The molecule has 0 radical (unpaired) electrons. The van der Waals surface area contributed by atoms with Crippen LogP contribution in [0.4, 0.5) is 0 Å². The molecule has 0 spiro atoms. The number of hydrogen-bond donors (Lipinski definition) is 0. The van der Waals surface area contributed by atoms with Crippen LogP contribution >= 0.6 is 34.8 Å². The molecule has 18 heavy (non-hydrogen) atoms. The number of cyclic esters (lactones) is 1. The van der Waals surface area contributed by atoms with Crippen molar-refractivity contribution in [1.82, 2.24) is 0 Å². The minimum absolute atomic E-state index is 0.190. The largest absolute Gasteiger partial charge is 0.465 e. The van der Waals surface area contributed by atoms with Crippen LogP contribution in [0.3, 0.4) is 0 Å². The highest BCUT2D eigenvalue weighted by Gasteiger charge is 2.89. The second-order valence-corrected chi connectivity index (χ2v) is 7.46. The van der Waals surface area contributed by atoms with Gasteiger partial charge in [0, 0.05) is 11.3 Å². The number of hydrogen-bond acceptors (Lipinski definition) is 4. The van der Waals surface area contributed by atoms with E-state index in [2.05, 4.69) is 0 Å². The van der Waals surface area contributed by atoms with Crippen LogP contribution in [0.2, 0.25) is 0 Å². The van der Waals surface area contributed by atoms with Crippen molar-refractivity contribution in [3.05, 3.63) is 0 Å². The highest BCUT2D eigenvalue weighted by Crippen LogP contribution is 2.76. The lowest BCUT2D eigenvalue weighted by Gasteiger charge is -2.24. The van der Waals surface area contributed by atoms with Gasteiger partial charge in [-0.05, 0) is 6.92 Å². The third-order valence-corrected chi connectivity index (χ3v) is 4.60. The van der Waals surface area contributed by atoms with Gasteiger partial charge in [0.25, 0.3) is 0 Å². The maximum absolute atomic E-state index is 12.1. The molecule has 0 aromatic carbocycles. The molecule has 0 aromatic rings. The maximum atomic E-state index is 12.1. The third kappa shape index (κ3) is 1.52. The van der Waals surface area contributed by atoms with Gasteiger partial charge in [0.2, 0.25) is 3.79 Å². The Kier molecular flexibility index (Phi) is 3.08. The number of carbonyl (C=O) groups is 2. The van der Waals surface area contributed by atoms with Crippen LogP contribution in [0.15, 0.2) is 0 Å². The first-order chi connectivity index (χ1) is 8.11. The Bertz CT molecular complexity index is 415. The fourth-order valence-electron chi connectivity index (χ4n) is 3.05. The Morgan fingerprint density at radius 3 is 2.39 bits per heavy atom. The summed E-state index contributed by atoms with van der Waals surface area (Å²) in [4.78, 5) is 24.1. The molecule has 0 bridgehead atoms. The van der Waals surface area contributed by atoms with E-state index in [0.717, 1.165) is 0 Å². The van der Waals surface area contributed by atoms with E-state index in [0.29, 0.717) is 0 Å². The molecule has 2 rings (SSSR count). The lowest BCUT2D eigenvalue weighted by molar-refractivity contribution is -0.164. The van der Waals surface area contributed by atoms with Crippen molar-refractivity contribution in [3.63, 3.8) is 0 Å². The number of ether oxygens (including phenoxy) is 2. The Labute approximate surface area is 120 Å². The maximum Gasteiger partial charge on any atom is 0.324 e. The zero-order chi connectivity index (χ0) is 13.9. The summed E-state index contributed by atoms with van der Waals surface area (Å²) >= 11 is 17.4. The summed E-state index contributed by atoms with van der Waals surface area (Å²) in [5, 5.41) is 0. The van der Waals surface area contributed by atoms with Crippen LogP contribution in [-0.4, -0.2) is 28.4 Å². The minimum atomic E-state index is -1.75. The molecule has 3 atom stereocenters. The fourth-order valence-corrected chi connectivity index (χ4v) is 3.56. The summed E-state index contributed by atoms with van der Waals surface area (Å²) in [5.41, 5.74) is -1.94. The van der Waals surface area contributed by atoms with Gasteiger partial charge in [-0.25, -0.2) is 0 Å². The zero-order valence-electron chi connectivity index (χ0n) is 10.1. The molecule has 7 heteroatoms. The average molecular weight is 316 g/mol. The minimum Gasteiger partial charge on any atom is -0.465 e. The number of esters is 2. The standard InChI is InChI=1S/C11H13Cl3O4/c1-4-17-7(15)10-5(9(10,2)3)6(11(12,13)14)18-8(10)16/h5-6H,4H2,1-3H3. The highest BCUT2D eigenvalue weighted by atomic mass is 35.6. The van der Waals surface area contributed by atoms with Gasteiger partial charge in [-0.1, -0.05) is 48.7 Å². The summed E-state index contributed by atoms with van der Waals surface area (Å²) in [5.74, 6) is -1.72. The van der Waals surface area contributed by atoms with Crippen LogP contribution in [0.5, 0.6) is 0 Å². The van der Waals surface area contributed by atoms with Crippen LogP contribution in [-0.2, 0) is 19.1 Å². The molecule has 0 amide bonds. The topological polar surface area (TPSA) is 52.6 Å². The van der Waals surface area contributed by atoms with Crippen molar-refractivity contribution in [3.8, 4) is 0 Å². The molecule has 1 aliphatic heterocycles. The quantitative estimate of drug-likeness (QED) is 0.446. The van der Waals surface area contributed by atoms with Crippen molar-refractivity contribution in [2.24, 2.45) is 16.7 Å². The van der Waals surface area contributed by atoms with Gasteiger partial charge >= 0.3 is 11.9 Å². The van der Waals surface area contributed by atoms with E-state index in [4.69, 9.17) is 44.3 Å². The van der Waals surface area contributed by atoms with Crippen LogP contribution < -0.4 is 0 Å². The van der Waals surface area contributed by atoms with Gasteiger partial charge in [0.05, 0.1) is 6.61 Å². The van der Waals surface area contributed by atoms with Crippen molar-refractivity contribution < 1.29 is 19.1 Å². The smallest absolute Gasteiger partial charge is 0.324 e. The summed E-state index contributed by atoms with van der Waals surface area (Å²) in [6.07, 6.45) is -0.922. The lowest BCUT2D eigenvalue weighted by Crippen LogP contribution is -2.34. The van der Waals surface area contributed by atoms with E-state index < -0.39 is 38.6 Å². The molecule has 2 fully saturated rings.